The van der Waals surface area contributed by atoms with Gasteiger partial charge in [-0.2, -0.15) is 8.78 Å². The second-order valence-electron chi connectivity index (χ2n) is 6.26. The minimum Gasteiger partial charge on any atom is -0.387 e. The van der Waals surface area contributed by atoms with Crippen LogP contribution in [0.4, 0.5) is 13.6 Å². The molecule has 2 amide bonds. The summed E-state index contributed by atoms with van der Waals surface area (Å²) in [5, 5.41) is 16.6. The minimum absolute atomic E-state index is 0. The molecule has 2 unspecified atom stereocenters. The molecule has 15 nitrogen and oxygen atoms in total. The van der Waals surface area contributed by atoms with Gasteiger partial charge >= 0.3 is 34.5 Å². The fraction of sp³-hybridized carbons (Fsp3) is 0.800. The van der Waals surface area contributed by atoms with Gasteiger partial charge in [-0.05, 0) is 0 Å². The first-order valence-corrected chi connectivity index (χ1v) is 13.1. The molecule has 184 valence electrons. The standard InChI is InChI=1S/C10H17F2N2O13P3S.4Na/c11-10(12,28(18,19)20)29(21,22)27-30(23,24)25-3-4-6(15)7(16)8(26-4)14-2-1-5(31)13-9(14)17;;;;/h4,6-8,15-16H,1-3H2,(H,21,22)(H,23,24)(H,13,17,31)(H2,18,19,20);;;;/t4-,6-,7-,8-;;;;/m1..../s1. The normalized spacial score (nSPS) is 28.2. The fourth-order valence-corrected chi connectivity index (χ4v) is 6.35. The van der Waals surface area contributed by atoms with Crippen LogP contribution in [0.5, 0.6) is 0 Å². The number of carbonyl (C=O) groups is 1. The van der Waals surface area contributed by atoms with Crippen molar-refractivity contribution < 1.29 is 70.6 Å². The summed E-state index contributed by atoms with van der Waals surface area (Å²) in [5.41, 5.74) is 0. The molecule has 0 aliphatic carbocycles. The van der Waals surface area contributed by atoms with Gasteiger partial charge in [0.1, 0.15) is 18.3 Å². The number of nitrogens with zero attached hydrogens (tertiary/aromatic N) is 1. The summed E-state index contributed by atoms with van der Waals surface area (Å²) in [6, 6.07) is -0.772. The Morgan fingerprint density at radius 1 is 1.09 bits per heavy atom. The topological polar surface area (TPSA) is 233 Å². The zero-order valence-electron chi connectivity index (χ0n) is 18.9. The van der Waals surface area contributed by atoms with E-state index in [-0.39, 0.29) is 136 Å². The van der Waals surface area contributed by atoms with Crippen molar-refractivity contribution in [2.24, 2.45) is 0 Å². The maximum atomic E-state index is 13.4. The molecular formula is C10H17F2N2Na4O13P3S. The zero-order chi connectivity index (χ0) is 24.0. The number of halogens is 2. The van der Waals surface area contributed by atoms with Crippen LogP contribution in [0.3, 0.4) is 0 Å². The smallest absolute Gasteiger partial charge is 0.387 e. The number of hydrogen-bond donors (Lipinski definition) is 7. The van der Waals surface area contributed by atoms with Gasteiger partial charge in [-0.15, -0.1) is 0 Å². The molecule has 2 rings (SSSR count). The molecule has 2 saturated heterocycles. The van der Waals surface area contributed by atoms with E-state index in [9.17, 15) is 42.4 Å². The Kier molecular flexibility index (Phi) is 20.0. The van der Waals surface area contributed by atoms with Crippen molar-refractivity contribution in [2.45, 2.75) is 36.4 Å². The number of aliphatic hydroxyl groups is 2. The van der Waals surface area contributed by atoms with Gasteiger partial charge < -0.3 is 39.8 Å². The van der Waals surface area contributed by atoms with Crippen LogP contribution in [0.25, 0.3) is 0 Å². The molecule has 25 heteroatoms. The first-order valence-electron chi connectivity index (χ1n) is 7.97. The summed E-state index contributed by atoms with van der Waals surface area (Å²) in [4.78, 5) is 48.4. The number of hydrogen-bond acceptors (Lipinski definition) is 10. The number of ether oxygens (including phenoxy) is 1. The number of phosphoric acid groups is 1. The van der Waals surface area contributed by atoms with Crippen molar-refractivity contribution in [3.63, 3.8) is 0 Å². The van der Waals surface area contributed by atoms with Crippen molar-refractivity contribution in [1.82, 2.24) is 10.2 Å². The summed E-state index contributed by atoms with van der Waals surface area (Å²) in [5.74, 6) is 0. The van der Waals surface area contributed by atoms with Gasteiger partial charge in [-0.3, -0.25) is 18.6 Å². The van der Waals surface area contributed by atoms with E-state index in [1.165, 1.54) is 0 Å². The molecule has 0 aromatic rings. The van der Waals surface area contributed by atoms with Gasteiger partial charge in [0.05, 0.1) is 11.6 Å². The van der Waals surface area contributed by atoms with E-state index in [0.717, 1.165) is 4.90 Å². The zero-order valence-corrected chi connectivity index (χ0v) is 30.4. The minimum atomic E-state index is -6.74. The molecule has 2 aliphatic heterocycles. The third kappa shape index (κ3) is 10.7. The molecule has 35 heavy (non-hydrogen) atoms. The second-order valence-corrected chi connectivity index (χ2v) is 12.2. The number of nitrogens with one attached hydrogen (secondary N) is 1. The first kappa shape index (κ1) is 43.0. The quantitative estimate of drug-likeness (QED) is 0.0852. The van der Waals surface area contributed by atoms with Gasteiger partial charge in [0, 0.05) is 131 Å². The van der Waals surface area contributed by atoms with Crippen LogP contribution in [0.15, 0.2) is 0 Å². The van der Waals surface area contributed by atoms with Gasteiger partial charge in [0.15, 0.2) is 6.23 Å². The van der Waals surface area contributed by atoms with Crippen LogP contribution < -0.4 is 5.32 Å². The van der Waals surface area contributed by atoms with E-state index in [0.29, 0.717) is 0 Å². The molecule has 0 bridgehead atoms. The van der Waals surface area contributed by atoms with E-state index in [1.54, 1.807) is 0 Å². The monoisotopic (exact) mass is 628 g/mol. The van der Waals surface area contributed by atoms with Crippen LogP contribution in [-0.2, 0) is 27.3 Å². The number of amides is 2. The average molecular weight is 628 g/mol. The maximum absolute atomic E-state index is 13.4. The van der Waals surface area contributed by atoms with Gasteiger partial charge in [0.25, 0.3) is 0 Å². The third-order valence-electron chi connectivity index (χ3n) is 4.04. The number of phosphoric ester groups is 1. The van der Waals surface area contributed by atoms with Crippen molar-refractivity contribution in [1.29, 1.82) is 0 Å². The molecular weight excluding hydrogens is 611 g/mol. The summed E-state index contributed by atoms with van der Waals surface area (Å²) in [6.07, 6.45) is -6.48. The Morgan fingerprint density at radius 3 is 2.06 bits per heavy atom. The third-order valence-corrected chi connectivity index (χ3v) is 9.45. The van der Waals surface area contributed by atoms with Crippen LogP contribution in [0.1, 0.15) is 6.42 Å². The molecule has 4 radical (unpaired) electrons. The van der Waals surface area contributed by atoms with Crippen molar-refractivity contribution >= 4 is 164 Å². The molecule has 2 heterocycles. The Bertz CT molecular complexity index is 904. The maximum Gasteiger partial charge on any atom is 0.479 e. The number of rotatable bonds is 8. The van der Waals surface area contributed by atoms with Gasteiger partial charge in [-0.1, -0.05) is 12.2 Å². The SMILES string of the molecule is O=C1NC(=S)CCN1[C@@H]1O[C@H](COP(=O)(O)OP(=O)(O)C(F)(F)P(=O)(O)O)[C@@H](O)[C@H]1O.[Na].[Na].[Na].[Na]. The summed E-state index contributed by atoms with van der Waals surface area (Å²) >= 11 is 4.81. The van der Waals surface area contributed by atoms with Gasteiger partial charge in [0.2, 0.25) is 0 Å². The van der Waals surface area contributed by atoms with E-state index in [1.807, 2.05) is 0 Å². The van der Waals surface area contributed by atoms with E-state index in [4.69, 9.17) is 31.6 Å². The summed E-state index contributed by atoms with van der Waals surface area (Å²) in [7, 11) is -19.2. The van der Waals surface area contributed by atoms with E-state index < -0.39 is 65.6 Å². The number of alkyl halides is 2. The van der Waals surface area contributed by atoms with E-state index >= 15 is 0 Å². The molecule has 7 N–H and O–H groups in total. The number of thiocarbonyl (C=S) groups is 1. The predicted molar refractivity (Wildman–Crippen MR) is 120 cm³/mol. The first-order chi connectivity index (χ1) is 13.9. The number of urea groups is 1. The number of aliphatic hydroxyl groups excluding tert-OH is 2. The van der Waals surface area contributed by atoms with Crippen molar-refractivity contribution in [3.8, 4) is 0 Å². The van der Waals surface area contributed by atoms with E-state index in [2.05, 4.69) is 14.2 Å². The Labute approximate surface area is 290 Å². The molecule has 0 aromatic carbocycles. The van der Waals surface area contributed by atoms with Gasteiger partial charge in [-0.25, -0.2) is 13.7 Å². The summed E-state index contributed by atoms with van der Waals surface area (Å²) in [6.45, 7) is -1.20. The molecule has 0 spiro atoms. The predicted octanol–water partition coefficient (Wildman–Crippen LogP) is -2.30. The molecule has 6 atom stereocenters. The average Bonchev–Trinajstić information content (AvgIpc) is 2.86. The van der Waals surface area contributed by atoms with Crippen LogP contribution in [-0.4, -0.2) is 207 Å². The molecule has 0 saturated carbocycles. The molecule has 2 aliphatic rings. The van der Waals surface area contributed by atoms with Crippen LogP contribution in [0, 0.1) is 0 Å². The van der Waals surface area contributed by atoms with Crippen LogP contribution >= 0.6 is 35.2 Å². The second kappa shape index (κ2) is 16.3. The molecule has 2 fully saturated rings. The summed E-state index contributed by atoms with van der Waals surface area (Å²) < 4.78 is 73.3. The largest absolute Gasteiger partial charge is 0.479 e. The fourth-order valence-electron chi connectivity index (χ4n) is 2.49. The Hall–Kier alpha value is 3.55. The molecule has 0 aromatic heterocycles. The Morgan fingerprint density at radius 2 is 1.60 bits per heavy atom. The van der Waals surface area contributed by atoms with Crippen molar-refractivity contribution in [2.75, 3.05) is 13.2 Å². The van der Waals surface area contributed by atoms with Crippen molar-refractivity contribution in [3.05, 3.63) is 0 Å². The van der Waals surface area contributed by atoms with Crippen LogP contribution in [0.2, 0.25) is 0 Å². The Balaban J connectivity index is -0.00000256. The number of carbonyl (C=O) groups excluding carboxylic acids is 1.